The highest BCUT2D eigenvalue weighted by molar-refractivity contribution is 7.22. The fraction of sp³-hybridized carbons (Fsp3) is 0.200. The molecular formula is C10H10N2O4S. The Kier molecular flexibility index (Phi) is 2.97. The number of nitrogen functional groups attached to an aromatic ring is 1. The first-order chi connectivity index (χ1) is 7.99. The Bertz CT molecular complexity index is 568. The Morgan fingerprint density at radius 3 is 2.76 bits per heavy atom. The number of aliphatic carboxylic acids is 1. The van der Waals surface area contributed by atoms with Crippen molar-refractivity contribution >= 4 is 32.7 Å². The molecule has 0 saturated carbocycles. The summed E-state index contributed by atoms with van der Waals surface area (Å²) < 4.78 is 0.836. The first kappa shape index (κ1) is 11.8. The second-order valence-electron chi connectivity index (χ2n) is 3.51. The van der Waals surface area contributed by atoms with Crippen LogP contribution in [0.1, 0.15) is 11.7 Å². The van der Waals surface area contributed by atoms with E-state index in [2.05, 4.69) is 4.98 Å². The van der Waals surface area contributed by atoms with Gasteiger partial charge in [0.15, 0.2) is 11.2 Å². The van der Waals surface area contributed by atoms with Crippen molar-refractivity contribution < 1.29 is 20.1 Å². The SMILES string of the molecule is Nc1nc2cc(C(O)C(O)C(=O)O)ccc2s1. The zero-order valence-electron chi connectivity index (χ0n) is 8.57. The van der Waals surface area contributed by atoms with Gasteiger partial charge in [-0.2, -0.15) is 0 Å². The van der Waals surface area contributed by atoms with Crippen LogP contribution in [0.25, 0.3) is 10.2 Å². The summed E-state index contributed by atoms with van der Waals surface area (Å²) in [6.45, 7) is 0. The minimum absolute atomic E-state index is 0.290. The van der Waals surface area contributed by atoms with Crippen molar-refractivity contribution in [1.82, 2.24) is 4.98 Å². The van der Waals surface area contributed by atoms with Crippen LogP contribution in [0.15, 0.2) is 18.2 Å². The maximum absolute atomic E-state index is 10.5. The van der Waals surface area contributed by atoms with Gasteiger partial charge in [-0.1, -0.05) is 17.4 Å². The molecular weight excluding hydrogens is 244 g/mol. The molecule has 0 aliphatic carbocycles. The van der Waals surface area contributed by atoms with Crippen LogP contribution in [0.4, 0.5) is 5.13 Å². The monoisotopic (exact) mass is 254 g/mol. The second-order valence-corrected chi connectivity index (χ2v) is 4.57. The van der Waals surface area contributed by atoms with E-state index < -0.39 is 18.2 Å². The molecule has 5 N–H and O–H groups in total. The molecule has 2 unspecified atom stereocenters. The van der Waals surface area contributed by atoms with Crippen LogP contribution in [-0.4, -0.2) is 32.4 Å². The second kappa shape index (κ2) is 4.28. The van der Waals surface area contributed by atoms with Crippen molar-refractivity contribution in [2.24, 2.45) is 0 Å². The summed E-state index contributed by atoms with van der Waals surface area (Å²) in [5, 5.41) is 27.9. The molecule has 1 aromatic carbocycles. The van der Waals surface area contributed by atoms with Crippen LogP contribution in [0, 0.1) is 0 Å². The lowest BCUT2D eigenvalue weighted by atomic mass is 10.0. The molecule has 0 radical (unpaired) electrons. The molecule has 0 saturated heterocycles. The van der Waals surface area contributed by atoms with Gasteiger partial charge in [0.1, 0.15) is 6.10 Å². The molecule has 0 aliphatic heterocycles. The van der Waals surface area contributed by atoms with E-state index in [1.54, 1.807) is 6.07 Å². The van der Waals surface area contributed by atoms with Crippen molar-refractivity contribution in [2.75, 3.05) is 5.73 Å². The number of fused-ring (bicyclic) bond motifs is 1. The fourth-order valence-corrected chi connectivity index (χ4v) is 2.18. The molecule has 2 aromatic rings. The summed E-state index contributed by atoms with van der Waals surface area (Å²) in [5.41, 5.74) is 6.39. The van der Waals surface area contributed by atoms with E-state index in [0.717, 1.165) is 4.70 Å². The summed E-state index contributed by atoms with van der Waals surface area (Å²) in [4.78, 5) is 14.6. The first-order valence-corrected chi connectivity index (χ1v) is 5.55. The highest BCUT2D eigenvalue weighted by atomic mass is 32.1. The number of aliphatic hydroxyl groups excluding tert-OH is 2. The third-order valence-electron chi connectivity index (χ3n) is 2.32. The average Bonchev–Trinajstić information content (AvgIpc) is 2.65. The summed E-state index contributed by atoms with van der Waals surface area (Å²) in [6.07, 6.45) is -3.34. The normalized spacial score (nSPS) is 14.7. The molecule has 17 heavy (non-hydrogen) atoms. The number of hydrogen-bond donors (Lipinski definition) is 4. The molecule has 1 heterocycles. The lowest BCUT2D eigenvalue weighted by molar-refractivity contribution is -0.153. The van der Waals surface area contributed by atoms with Crippen LogP contribution in [0.2, 0.25) is 0 Å². The van der Waals surface area contributed by atoms with Gasteiger partial charge in [-0.05, 0) is 17.7 Å². The summed E-state index contributed by atoms with van der Waals surface area (Å²) in [7, 11) is 0. The maximum atomic E-state index is 10.5. The van der Waals surface area contributed by atoms with Gasteiger partial charge in [0.2, 0.25) is 0 Å². The number of nitrogens with two attached hydrogens (primary N) is 1. The number of aliphatic hydroxyl groups is 2. The Balaban J connectivity index is 2.38. The van der Waals surface area contributed by atoms with E-state index in [9.17, 15) is 15.0 Å². The third-order valence-corrected chi connectivity index (χ3v) is 3.19. The number of nitrogens with zero attached hydrogens (tertiary/aromatic N) is 1. The van der Waals surface area contributed by atoms with Crippen LogP contribution in [-0.2, 0) is 4.79 Å². The van der Waals surface area contributed by atoms with Gasteiger partial charge in [-0.15, -0.1) is 0 Å². The number of benzene rings is 1. The predicted molar refractivity (Wildman–Crippen MR) is 62.6 cm³/mol. The highest BCUT2D eigenvalue weighted by Gasteiger charge is 2.25. The Morgan fingerprint density at radius 1 is 1.41 bits per heavy atom. The van der Waals surface area contributed by atoms with E-state index in [1.165, 1.54) is 23.5 Å². The van der Waals surface area contributed by atoms with Gasteiger partial charge in [0.25, 0.3) is 0 Å². The summed E-state index contributed by atoms with van der Waals surface area (Å²) >= 11 is 1.29. The number of carbonyl (C=O) groups is 1. The van der Waals surface area contributed by atoms with Gasteiger partial charge in [-0.25, -0.2) is 9.78 Å². The summed E-state index contributed by atoms with van der Waals surface area (Å²) in [5.74, 6) is -1.48. The molecule has 7 heteroatoms. The maximum Gasteiger partial charge on any atom is 0.335 e. The quantitative estimate of drug-likeness (QED) is 0.628. The van der Waals surface area contributed by atoms with Crippen LogP contribution in [0.5, 0.6) is 0 Å². The lowest BCUT2D eigenvalue weighted by Crippen LogP contribution is -2.27. The minimum atomic E-state index is -1.86. The number of aromatic nitrogens is 1. The van der Waals surface area contributed by atoms with E-state index in [4.69, 9.17) is 10.8 Å². The Morgan fingerprint density at radius 2 is 2.12 bits per heavy atom. The number of hydrogen-bond acceptors (Lipinski definition) is 6. The zero-order valence-corrected chi connectivity index (χ0v) is 9.39. The largest absolute Gasteiger partial charge is 0.479 e. The van der Waals surface area contributed by atoms with Crippen molar-refractivity contribution in [3.63, 3.8) is 0 Å². The lowest BCUT2D eigenvalue weighted by Gasteiger charge is -2.13. The molecule has 6 nitrogen and oxygen atoms in total. The predicted octanol–water partition coefficient (Wildman–Crippen LogP) is 0.357. The third kappa shape index (κ3) is 2.21. The smallest absolute Gasteiger partial charge is 0.335 e. The van der Waals surface area contributed by atoms with Crippen LogP contribution in [0.3, 0.4) is 0 Å². The molecule has 1 aromatic heterocycles. The van der Waals surface area contributed by atoms with E-state index in [1.807, 2.05) is 0 Å². The number of rotatable bonds is 3. The molecule has 0 aliphatic rings. The van der Waals surface area contributed by atoms with E-state index >= 15 is 0 Å². The van der Waals surface area contributed by atoms with Gasteiger partial charge >= 0.3 is 5.97 Å². The Hall–Kier alpha value is -1.70. The number of anilines is 1. The Labute approximate surface area is 100.0 Å². The number of carboxylic acids is 1. The van der Waals surface area contributed by atoms with E-state index in [-0.39, 0.29) is 5.56 Å². The van der Waals surface area contributed by atoms with Gasteiger partial charge in [-0.3, -0.25) is 0 Å². The topological polar surface area (TPSA) is 117 Å². The van der Waals surface area contributed by atoms with Crippen molar-refractivity contribution in [3.8, 4) is 0 Å². The summed E-state index contributed by atoms with van der Waals surface area (Å²) in [6, 6.07) is 4.73. The molecule has 0 bridgehead atoms. The zero-order chi connectivity index (χ0) is 12.6. The molecule has 90 valence electrons. The molecule has 2 rings (SSSR count). The average molecular weight is 254 g/mol. The first-order valence-electron chi connectivity index (χ1n) is 4.74. The standard InChI is InChI=1S/C10H10N2O4S/c11-10-12-5-3-4(1-2-6(5)17-10)7(13)8(14)9(15)16/h1-3,7-8,13-14H,(H2,11,12)(H,15,16). The van der Waals surface area contributed by atoms with Crippen LogP contribution >= 0.6 is 11.3 Å². The number of thiazole rings is 1. The fourth-order valence-electron chi connectivity index (χ4n) is 1.46. The van der Waals surface area contributed by atoms with Crippen molar-refractivity contribution in [2.45, 2.75) is 12.2 Å². The number of carboxylic acid groups (broad SMARTS) is 1. The van der Waals surface area contributed by atoms with Gasteiger partial charge in [0.05, 0.1) is 10.2 Å². The van der Waals surface area contributed by atoms with Gasteiger partial charge < -0.3 is 21.1 Å². The van der Waals surface area contributed by atoms with Gasteiger partial charge in [0, 0.05) is 0 Å². The molecule has 2 atom stereocenters. The van der Waals surface area contributed by atoms with Crippen molar-refractivity contribution in [1.29, 1.82) is 0 Å². The van der Waals surface area contributed by atoms with Crippen LogP contribution < -0.4 is 5.73 Å². The van der Waals surface area contributed by atoms with E-state index in [0.29, 0.717) is 10.6 Å². The van der Waals surface area contributed by atoms with Crippen molar-refractivity contribution in [3.05, 3.63) is 23.8 Å². The highest BCUT2D eigenvalue weighted by Crippen LogP contribution is 2.27. The molecule has 0 spiro atoms. The molecule has 0 amide bonds. The molecule has 0 fully saturated rings. The minimum Gasteiger partial charge on any atom is -0.479 e.